The first-order valence-corrected chi connectivity index (χ1v) is 6.64. The lowest BCUT2D eigenvalue weighted by molar-refractivity contribution is 0.881. The van der Waals surface area contributed by atoms with Crippen molar-refractivity contribution in [3.8, 4) is 0 Å². The summed E-state index contributed by atoms with van der Waals surface area (Å²) in [4.78, 5) is 10.1. The molecule has 1 heterocycles. The van der Waals surface area contributed by atoms with Crippen molar-refractivity contribution in [1.29, 1.82) is 0 Å². The van der Waals surface area contributed by atoms with E-state index in [2.05, 4.69) is 16.0 Å². The molecule has 0 bridgehead atoms. The van der Waals surface area contributed by atoms with Crippen LogP contribution < -0.4 is 5.73 Å². The molecule has 0 radical (unpaired) electrons. The fourth-order valence-corrected chi connectivity index (χ4v) is 2.74. The summed E-state index contributed by atoms with van der Waals surface area (Å²) >= 11 is 1.55. The van der Waals surface area contributed by atoms with Crippen LogP contribution in [0.5, 0.6) is 0 Å². The zero-order chi connectivity index (χ0) is 13.3. The molecule has 3 nitrogen and oxygen atoms in total. The molecule has 0 saturated heterocycles. The Morgan fingerprint density at radius 2 is 1.56 bits per heavy atom. The van der Waals surface area contributed by atoms with Crippen LogP contribution in [0.1, 0.15) is 22.5 Å². The van der Waals surface area contributed by atoms with Gasteiger partial charge in [0.2, 0.25) is 0 Å². The van der Waals surface area contributed by atoms with Crippen molar-refractivity contribution in [3.63, 3.8) is 0 Å². The van der Waals surface area contributed by atoms with Crippen LogP contribution in [0.3, 0.4) is 0 Å². The number of aryl methyl sites for hydroxylation is 3. The second kappa shape index (κ2) is 4.98. The highest BCUT2D eigenvalue weighted by Crippen LogP contribution is 2.28. The van der Waals surface area contributed by atoms with Gasteiger partial charge in [0.25, 0.3) is 0 Å². The molecule has 0 spiro atoms. The van der Waals surface area contributed by atoms with Crippen molar-refractivity contribution in [3.05, 3.63) is 40.7 Å². The third kappa shape index (κ3) is 2.82. The molecule has 0 aliphatic heterocycles. The van der Waals surface area contributed by atoms with E-state index in [9.17, 15) is 0 Å². The third-order valence-electron chi connectivity index (χ3n) is 2.89. The molecule has 0 amide bonds. The van der Waals surface area contributed by atoms with E-state index < -0.39 is 0 Å². The van der Waals surface area contributed by atoms with Gasteiger partial charge in [0.15, 0.2) is 5.16 Å². The summed E-state index contributed by atoms with van der Waals surface area (Å²) in [5.74, 6) is 0. The molecule has 2 aromatic rings. The molecule has 18 heavy (non-hydrogen) atoms. The van der Waals surface area contributed by atoms with E-state index in [0.717, 1.165) is 38.3 Å². The Balaban J connectivity index is 2.34. The normalized spacial score (nSPS) is 10.7. The SMILES string of the molecule is Cc1cc(N)cc(Sc2nc(C)c(C)c(C)n2)c1. The Labute approximate surface area is 112 Å². The number of aromatic nitrogens is 2. The topological polar surface area (TPSA) is 51.8 Å². The van der Waals surface area contributed by atoms with Gasteiger partial charge in [-0.2, -0.15) is 0 Å². The van der Waals surface area contributed by atoms with Gasteiger partial charge in [0.1, 0.15) is 0 Å². The average Bonchev–Trinajstić information content (AvgIpc) is 2.24. The fraction of sp³-hybridized carbons (Fsp3) is 0.286. The minimum absolute atomic E-state index is 0.776. The maximum absolute atomic E-state index is 5.84. The first-order valence-electron chi connectivity index (χ1n) is 5.82. The predicted molar refractivity (Wildman–Crippen MR) is 76.0 cm³/mol. The number of rotatable bonds is 2. The van der Waals surface area contributed by atoms with Gasteiger partial charge in [0.05, 0.1) is 0 Å². The molecule has 0 atom stereocenters. The van der Waals surface area contributed by atoms with E-state index in [0.29, 0.717) is 0 Å². The summed E-state index contributed by atoms with van der Waals surface area (Å²) in [6, 6.07) is 6.00. The molecule has 0 unspecified atom stereocenters. The highest BCUT2D eigenvalue weighted by atomic mass is 32.2. The van der Waals surface area contributed by atoms with Crippen molar-refractivity contribution < 1.29 is 0 Å². The van der Waals surface area contributed by atoms with Crippen LogP contribution in [0.25, 0.3) is 0 Å². The molecule has 0 aliphatic carbocycles. The van der Waals surface area contributed by atoms with Crippen molar-refractivity contribution >= 4 is 17.4 Å². The summed E-state index contributed by atoms with van der Waals surface area (Å²) in [6.45, 7) is 8.11. The number of hydrogen-bond donors (Lipinski definition) is 1. The molecule has 1 aromatic carbocycles. The van der Waals surface area contributed by atoms with Crippen LogP contribution in [0.4, 0.5) is 5.69 Å². The van der Waals surface area contributed by atoms with Gasteiger partial charge in [-0.1, -0.05) is 0 Å². The molecule has 0 saturated carbocycles. The van der Waals surface area contributed by atoms with E-state index in [4.69, 9.17) is 5.73 Å². The van der Waals surface area contributed by atoms with Crippen LogP contribution in [-0.2, 0) is 0 Å². The number of hydrogen-bond acceptors (Lipinski definition) is 4. The van der Waals surface area contributed by atoms with Gasteiger partial charge < -0.3 is 5.73 Å². The smallest absolute Gasteiger partial charge is 0.192 e. The molecular formula is C14H17N3S. The summed E-state index contributed by atoms with van der Waals surface area (Å²) < 4.78 is 0. The Morgan fingerprint density at radius 3 is 2.11 bits per heavy atom. The minimum atomic E-state index is 0.776. The summed E-state index contributed by atoms with van der Waals surface area (Å²) in [6.07, 6.45) is 0. The van der Waals surface area contributed by atoms with Gasteiger partial charge >= 0.3 is 0 Å². The van der Waals surface area contributed by atoms with E-state index in [1.165, 1.54) is 0 Å². The minimum Gasteiger partial charge on any atom is -0.399 e. The van der Waals surface area contributed by atoms with Crippen molar-refractivity contribution in [2.75, 3.05) is 5.73 Å². The van der Waals surface area contributed by atoms with Crippen LogP contribution >= 0.6 is 11.8 Å². The maximum Gasteiger partial charge on any atom is 0.192 e. The summed E-state index contributed by atoms with van der Waals surface area (Å²) in [7, 11) is 0. The monoisotopic (exact) mass is 259 g/mol. The largest absolute Gasteiger partial charge is 0.399 e. The van der Waals surface area contributed by atoms with E-state index >= 15 is 0 Å². The molecule has 1 aromatic heterocycles. The molecule has 94 valence electrons. The Bertz CT molecular complexity index is 550. The number of nitrogen functional groups attached to an aromatic ring is 1. The quantitative estimate of drug-likeness (QED) is 0.663. The lowest BCUT2D eigenvalue weighted by Crippen LogP contribution is -1.98. The van der Waals surface area contributed by atoms with E-state index in [-0.39, 0.29) is 0 Å². The van der Waals surface area contributed by atoms with Gasteiger partial charge in [0, 0.05) is 22.0 Å². The Kier molecular flexibility index (Phi) is 3.57. The summed E-state index contributed by atoms with van der Waals surface area (Å²) in [5.41, 5.74) is 11.0. The highest BCUT2D eigenvalue weighted by Gasteiger charge is 2.07. The lowest BCUT2D eigenvalue weighted by atomic mass is 10.2. The average molecular weight is 259 g/mol. The van der Waals surface area contributed by atoms with Crippen molar-refractivity contribution in [1.82, 2.24) is 9.97 Å². The van der Waals surface area contributed by atoms with Gasteiger partial charge in [-0.05, 0) is 68.8 Å². The molecular weight excluding hydrogens is 242 g/mol. The van der Waals surface area contributed by atoms with Crippen LogP contribution in [0, 0.1) is 27.7 Å². The van der Waals surface area contributed by atoms with Crippen molar-refractivity contribution in [2.24, 2.45) is 0 Å². The van der Waals surface area contributed by atoms with Crippen LogP contribution in [0.2, 0.25) is 0 Å². The zero-order valence-corrected chi connectivity index (χ0v) is 11.9. The van der Waals surface area contributed by atoms with E-state index in [1.54, 1.807) is 11.8 Å². The second-order valence-electron chi connectivity index (χ2n) is 4.48. The van der Waals surface area contributed by atoms with E-state index in [1.807, 2.05) is 39.8 Å². The number of nitrogens with zero attached hydrogens (tertiary/aromatic N) is 2. The molecule has 0 aliphatic rings. The predicted octanol–water partition coefficient (Wildman–Crippen LogP) is 3.44. The third-order valence-corrected chi connectivity index (χ3v) is 3.73. The van der Waals surface area contributed by atoms with Gasteiger partial charge in [-0.3, -0.25) is 0 Å². The second-order valence-corrected chi connectivity index (χ2v) is 5.52. The molecule has 4 heteroatoms. The molecule has 2 rings (SSSR count). The van der Waals surface area contributed by atoms with Gasteiger partial charge in [-0.15, -0.1) is 0 Å². The van der Waals surface area contributed by atoms with Crippen LogP contribution in [0.15, 0.2) is 28.3 Å². The molecule has 0 fully saturated rings. The van der Waals surface area contributed by atoms with Crippen LogP contribution in [-0.4, -0.2) is 9.97 Å². The number of benzene rings is 1. The summed E-state index contributed by atoms with van der Waals surface area (Å²) in [5, 5.41) is 0.778. The first-order chi connectivity index (χ1) is 8.45. The fourth-order valence-electron chi connectivity index (χ4n) is 1.73. The number of nitrogens with two attached hydrogens (primary N) is 1. The zero-order valence-electron chi connectivity index (χ0n) is 11.1. The Morgan fingerprint density at radius 1 is 0.944 bits per heavy atom. The standard InChI is InChI=1S/C14H17N3S/c1-8-5-12(15)7-13(6-8)18-14-16-10(3)9(2)11(4)17-14/h5-7H,15H2,1-4H3. The first kappa shape index (κ1) is 12.9. The number of anilines is 1. The molecule has 2 N–H and O–H groups in total. The highest BCUT2D eigenvalue weighted by molar-refractivity contribution is 7.99. The Hall–Kier alpha value is -1.55. The maximum atomic E-state index is 5.84. The van der Waals surface area contributed by atoms with Crippen molar-refractivity contribution in [2.45, 2.75) is 37.7 Å². The van der Waals surface area contributed by atoms with Gasteiger partial charge in [-0.25, -0.2) is 9.97 Å². The lowest BCUT2D eigenvalue weighted by Gasteiger charge is -2.07.